The Labute approximate surface area is 154 Å². The summed E-state index contributed by atoms with van der Waals surface area (Å²) in [6, 6.07) is 14.0. The molecule has 1 heterocycles. The fourth-order valence-electron chi connectivity index (χ4n) is 2.47. The van der Waals surface area contributed by atoms with Crippen LogP contribution in [0.15, 0.2) is 58.7 Å². The van der Waals surface area contributed by atoms with Crippen molar-refractivity contribution < 1.29 is 9.72 Å². The topological polar surface area (TPSA) is 97.0 Å². The molecule has 26 heavy (non-hydrogen) atoms. The smallest absolute Gasteiger partial charge is 0.269 e. The second-order valence-electron chi connectivity index (χ2n) is 5.79. The lowest BCUT2D eigenvalue weighted by Gasteiger charge is -2.05. The monoisotopic (exact) mass is 368 g/mol. The quantitative estimate of drug-likeness (QED) is 0.498. The van der Waals surface area contributed by atoms with Crippen molar-refractivity contribution in [2.45, 2.75) is 18.6 Å². The highest BCUT2D eigenvalue weighted by Gasteiger charge is 2.30. The van der Waals surface area contributed by atoms with Crippen LogP contribution in [0.5, 0.6) is 0 Å². The minimum Gasteiger partial charge on any atom is -0.303 e. The average Bonchev–Trinajstić information content (AvgIpc) is 2.95. The molecule has 0 aliphatic carbocycles. The van der Waals surface area contributed by atoms with E-state index in [0.29, 0.717) is 17.2 Å². The Kier molecular flexibility index (Phi) is 5.43. The number of rotatable bonds is 5. The Morgan fingerprint density at radius 1 is 1.27 bits per heavy atom. The van der Waals surface area contributed by atoms with Gasteiger partial charge in [0.25, 0.3) is 5.69 Å². The van der Waals surface area contributed by atoms with E-state index in [2.05, 4.69) is 21.6 Å². The van der Waals surface area contributed by atoms with Gasteiger partial charge in [0.15, 0.2) is 5.17 Å². The zero-order chi connectivity index (χ0) is 18.5. The summed E-state index contributed by atoms with van der Waals surface area (Å²) in [4.78, 5) is 22.2. The number of amides is 1. The summed E-state index contributed by atoms with van der Waals surface area (Å²) in [5.41, 5.74) is 2.97. The predicted molar refractivity (Wildman–Crippen MR) is 103 cm³/mol. The second-order valence-corrected chi connectivity index (χ2v) is 6.98. The summed E-state index contributed by atoms with van der Waals surface area (Å²) in [5.74, 6) is -0.0826. The molecule has 1 atom stereocenters. The minimum absolute atomic E-state index is 0.0195. The van der Waals surface area contributed by atoms with Crippen LogP contribution in [0.3, 0.4) is 0 Å². The largest absolute Gasteiger partial charge is 0.303 e. The van der Waals surface area contributed by atoms with Gasteiger partial charge in [0.2, 0.25) is 5.91 Å². The maximum Gasteiger partial charge on any atom is 0.269 e. The van der Waals surface area contributed by atoms with Gasteiger partial charge >= 0.3 is 0 Å². The van der Waals surface area contributed by atoms with Crippen molar-refractivity contribution in [2.24, 2.45) is 10.2 Å². The molecule has 1 aliphatic rings. The maximum absolute atomic E-state index is 12.1. The first-order chi connectivity index (χ1) is 12.5. The molecule has 1 N–H and O–H groups in total. The van der Waals surface area contributed by atoms with Crippen LogP contribution in [0.2, 0.25) is 0 Å². The molecule has 3 rings (SSSR count). The molecule has 0 saturated carbocycles. The highest BCUT2D eigenvalue weighted by molar-refractivity contribution is 8.15. The molecule has 132 valence electrons. The lowest BCUT2D eigenvalue weighted by atomic mass is 10.1. The lowest BCUT2D eigenvalue weighted by molar-refractivity contribution is -0.384. The standard InChI is InChI=1S/C18H16N4O3S/c1-12-3-2-4-14(9-12)10-16-17(23)20-18(26-16)21-19-11-13-5-7-15(8-6-13)22(24)25/h2-9,11,16H,10H2,1H3,(H,20,21,23)/b19-11-/t16-/m0/s1. The number of amidine groups is 1. The third kappa shape index (κ3) is 4.54. The average molecular weight is 368 g/mol. The van der Waals surface area contributed by atoms with Crippen molar-refractivity contribution in [2.75, 3.05) is 0 Å². The Morgan fingerprint density at radius 2 is 2.04 bits per heavy atom. The molecular weight excluding hydrogens is 352 g/mol. The van der Waals surface area contributed by atoms with Crippen LogP contribution in [-0.4, -0.2) is 27.5 Å². The molecule has 2 aromatic rings. The summed E-state index contributed by atoms with van der Waals surface area (Å²) in [6.07, 6.45) is 2.11. The second kappa shape index (κ2) is 7.92. The summed E-state index contributed by atoms with van der Waals surface area (Å²) in [7, 11) is 0. The number of carbonyl (C=O) groups excluding carboxylic acids is 1. The fraction of sp³-hybridized carbons (Fsp3) is 0.167. The van der Waals surface area contributed by atoms with Crippen molar-refractivity contribution in [1.29, 1.82) is 0 Å². The van der Waals surface area contributed by atoms with E-state index in [-0.39, 0.29) is 16.8 Å². The summed E-state index contributed by atoms with van der Waals surface area (Å²) in [6.45, 7) is 2.02. The van der Waals surface area contributed by atoms with Gasteiger partial charge in [-0.25, -0.2) is 0 Å². The van der Waals surface area contributed by atoms with Gasteiger partial charge in [-0.15, -0.1) is 5.10 Å². The predicted octanol–water partition coefficient (Wildman–Crippen LogP) is 3.07. The first-order valence-electron chi connectivity index (χ1n) is 7.90. The third-order valence-electron chi connectivity index (χ3n) is 3.74. The molecule has 1 saturated heterocycles. The van der Waals surface area contributed by atoms with Gasteiger partial charge in [0, 0.05) is 12.1 Å². The van der Waals surface area contributed by atoms with E-state index in [1.54, 1.807) is 12.1 Å². The van der Waals surface area contributed by atoms with Crippen LogP contribution in [-0.2, 0) is 11.2 Å². The van der Waals surface area contributed by atoms with Crippen LogP contribution in [0.4, 0.5) is 5.69 Å². The molecular formula is C18H16N4O3S. The number of non-ortho nitro benzene ring substituents is 1. The third-order valence-corrected chi connectivity index (χ3v) is 4.81. The van der Waals surface area contributed by atoms with E-state index in [0.717, 1.165) is 11.1 Å². The highest BCUT2D eigenvalue weighted by Crippen LogP contribution is 2.23. The number of hydrogen-bond donors (Lipinski definition) is 1. The van der Waals surface area contributed by atoms with Crippen molar-refractivity contribution >= 4 is 34.7 Å². The van der Waals surface area contributed by atoms with Crippen molar-refractivity contribution in [1.82, 2.24) is 5.32 Å². The van der Waals surface area contributed by atoms with Gasteiger partial charge in [0.1, 0.15) is 0 Å². The summed E-state index contributed by atoms with van der Waals surface area (Å²) < 4.78 is 0. The molecule has 7 nitrogen and oxygen atoms in total. The molecule has 1 fully saturated rings. The van der Waals surface area contributed by atoms with E-state index in [9.17, 15) is 14.9 Å². The molecule has 0 radical (unpaired) electrons. The van der Waals surface area contributed by atoms with E-state index in [1.807, 2.05) is 25.1 Å². The number of nitrogens with one attached hydrogen (secondary N) is 1. The van der Waals surface area contributed by atoms with Gasteiger partial charge in [-0.05, 0) is 36.6 Å². The van der Waals surface area contributed by atoms with Gasteiger partial charge in [0.05, 0.1) is 16.4 Å². The number of hydrogen-bond acceptors (Lipinski definition) is 6. The number of nitrogens with zero attached hydrogens (tertiary/aromatic N) is 3. The van der Waals surface area contributed by atoms with Crippen molar-refractivity contribution in [3.8, 4) is 0 Å². The minimum atomic E-state index is -0.458. The van der Waals surface area contributed by atoms with Gasteiger partial charge < -0.3 is 5.32 Å². The van der Waals surface area contributed by atoms with Crippen LogP contribution in [0.25, 0.3) is 0 Å². The Balaban J connectivity index is 1.61. The van der Waals surface area contributed by atoms with Crippen LogP contribution in [0, 0.1) is 17.0 Å². The highest BCUT2D eigenvalue weighted by atomic mass is 32.2. The number of aryl methyl sites for hydroxylation is 1. The Hall–Kier alpha value is -3.00. The molecule has 1 amide bonds. The van der Waals surface area contributed by atoms with E-state index in [4.69, 9.17) is 0 Å². The van der Waals surface area contributed by atoms with E-state index < -0.39 is 4.92 Å². The molecule has 0 unspecified atom stereocenters. The molecule has 1 aliphatic heterocycles. The number of carbonyl (C=O) groups is 1. The number of benzene rings is 2. The zero-order valence-electron chi connectivity index (χ0n) is 14.0. The normalized spacial score (nSPS) is 18.4. The summed E-state index contributed by atoms with van der Waals surface area (Å²) in [5, 5.41) is 21.5. The van der Waals surface area contributed by atoms with Crippen LogP contribution < -0.4 is 5.32 Å². The number of thioether (sulfide) groups is 1. The van der Waals surface area contributed by atoms with Gasteiger partial charge in [-0.1, -0.05) is 41.6 Å². The molecule has 0 aromatic heterocycles. The molecule has 2 aromatic carbocycles. The molecule has 0 bridgehead atoms. The van der Waals surface area contributed by atoms with E-state index >= 15 is 0 Å². The fourth-order valence-corrected chi connectivity index (χ4v) is 3.43. The maximum atomic E-state index is 12.1. The SMILES string of the molecule is Cc1cccc(C[C@@H]2S/C(=N/N=C\c3ccc([N+](=O)[O-])cc3)NC2=O)c1. The Morgan fingerprint density at radius 3 is 2.73 bits per heavy atom. The first kappa shape index (κ1) is 17.8. The van der Waals surface area contributed by atoms with Crippen LogP contribution >= 0.6 is 11.8 Å². The van der Waals surface area contributed by atoms with Gasteiger partial charge in [-0.2, -0.15) is 5.10 Å². The van der Waals surface area contributed by atoms with Crippen molar-refractivity contribution in [3.05, 3.63) is 75.3 Å². The molecule has 8 heteroatoms. The first-order valence-corrected chi connectivity index (χ1v) is 8.78. The van der Waals surface area contributed by atoms with E-state index in [1.165, 1.54) is 30.1 Å². The number of nitro groups is 1. The number of nitro benzene ring substituents is 1. The van der Waals surface area contributed by atoms with Crippen LogP contribution in [0.1, 0.15) is 16.7 Å². The Bertz CT molecular complexity index is 894. The van der Waals surface area contributed by atoms with Gasteiger partial charge in [-0.3, -0.25) is 14.9 Å². The van der Waals surface area contributed by atoms with Crippen molar-refractivity contribution in [3.63, 3.8) is 0 Å². The summed E-state index contributed by atoms with van der Waals surface area (Å²) >= 11 is 1.35. The molecule has 0 spiro atoms. The zero-order valence-corrected chi connectivity index (χ0v) is 14.8. The lowest BCUT2D eigenvalue weighted by Crippen LogP contribution is -2.25.